The highest BCUT2D eigenvalue weighted by atomic mass is 32.2. The molecule has 1 aliphatic heterocycles. The van der Waals surface area contributed by atoms with Gasteiger partial charge in [-0.15, -0.1) is 11.8 Å². The first-order valence-corrected chi connectivity index (χ1v) is 6.37. The lowest BCUT2D eigenvalue weighted by Crippen LogP contribution is -2.41. The van der Waals surface area contributed by atoms with E-state index in [2.05, 4.69) is 0 Å². The van der Waals surface area contributed by atoms with Gasteiger partial charge in [-0.25, -0.2) is 0 Å². The van der Waals surface area contributed by atoms with Crippen LogP contribution < -0.4 is 10.6 Å². The molecule has 1 aliphatic rings. The van der Waals surface area contributed by atoms with Crippen molar-refractivity contribution in [2.45, 2.75) is 23.5 Å². The van der Waals surface area contributed by atoms with Crippen LogP contribution in [0, 0.1) is 5.41 Å². The number of carbonyl (C=O) groups is 1. The number of benzene rings is 1. The van der Waals surface area contributed by atoms with Crippen LogP contribution in [0.4, 0.5) is 5.69 Å². The number of hydrogen-bond acceptors (Lipinski definition) is 3. The van der Waals surface area contributed by atoms with Crippen LogP contribution in [-0.2, 0) is 4.79 Å². The first kappa shape index (κ1) is 12.0. The van der Waals surface area contributed by atoms with Crippen molar-refractivity contribution in [3.05, 3.63) is 24.3 Å². The monoisotopic (exact) mass is 249 g/mol. The second-order valence-electron chi connectivity index (χ2n) is 3.99. The zero-order valence-electron chi connectivity index (χ0n) is 9.64. The van der Waals surface area contributed by atoms with E-state index in [1.165, 1.54) is 0 Å². The molecule has 1 heterocycles. The van der Waals surface area contributed by atoms with Gasteiger partial charge in [-0.05, 0) is 19.1 Å². The van der Waals surface area contributed by atoms with Gasteiger partial charge in [0.25, 0.3) is 0 Å². The molecule has 3 N–H and O–H groups in total. The third-order valence-electron chi connectivity index (χ3n) is 2.68. The highest BCUT2D eigenvalue weighted by molar-refractivity contribution is 8.00. The first-order valence-electron chi connectivity index (χ1n) is 5.49. The Morgan fingerprint density at radius 3 is 2.94 bits per heavy atom. The SMILES string of the molecule is CC1Sc2ccccc2N(CCC(=N)N)C1=O. The van der Waals surface area contributed by atoms with Gasteiger partial charge in [0.1, 0.15) is 0 Å². The van der Waals surface area contributed by atoms with Gasteiger partial charge in [0.15, 0.2) is 0 Å². The lowest BCUT2D eigenvalue weighted by molar-refractivity contribution is -0.118. The minimum atomic E-state index is -0.0724. The largest absolute Gasteiger partial charge is 0.388 e. The van der Waals surface area contributed by atoms with Gasteiger partial charge in [-0.2, -0.15) is 0 Å². The predicted octanol–water partition coefficient (Wildman–Crippen LogP) is 1.84. The molecular formula is C12H15N3OS. The van der Waals surface area contributed by atoms with Crippen molar-refractivity contribution in [2.75, 3.05) is 11.4 Å². The quantitative estimate of drug-likeness (QED) is 0.634. The Morgan fingerprint density at radius 2 is 2.24 bits per heavy atom. The zero-order chi connectivity index (χ0) is 12.4. The van der Waals surface area contributed by atoms with Crippen molar-refractivity contribution in [1.82, 2.24) is 0 Å². The van der Waals surface area contributed by atoms with Crippen LogP contribution in [0.15, 0.2) is 29.2 Å². The Kier molecular flexibility index (Phi) is 3.38. The van der Waals surface area contributed by atoms with Gasteiger partial charge < -0.3 is 10.6 Å². The zero-order valence-corrected chi connectivity index (χ0v) is 10.5. The van der Waals surface area contributed by atoms with Gasteiger partial charge >= 0.3 is 0 Å². The van der Waals surface area contributed by atoms with E-state index in [1.807, 2.05) is 31.2 Å². The Hall–Kier alpha value is -1.49. The number of carbonyl (C=O) groups excluding carboxylic acids is 1. The molecule has 0 saturated carbocycles. The third-order valence-corrected chi connectivity index (χ3v) is 3.83. The number of para-hydroxylation sites is 1. The molecule has 2 rings (SSSR count). The molecule has 0 aliphatic carbocycles. The van der Waals surface area contributed by atoms with E-state index >= 15 is 0 Å². The molecular weight excluding hydrogens is 234 g/mol. The minimum Gasteiger partial charge on any atom is -0.388 e. The summed E-state index contributed by atoms with van der Waals surface area (Å²) in [5, 5.41) is 7.18. The van der Waals surface area contributed by atoms with E-state index in [0.29, 0.717) is 13.0 Å². The molecule has 1 amide bonds. The maximum atomic E-state index is 12.1. The van der Waals surface area contributed by atoms with Crippen LogP contribution in [-0.4, -0.2) is 23.5 Å². The number of amidine groups is 1. The predicted molar refractivity (Wildman–Crippen MR) is 70.6 cm³/mol. The number of nitrogens with zero attached hydrogens (tertiary/aromatic N) is 1. The Morgan fingerprint density at radius 1 is 1.53 bits per heavy atom. The lowest BCUT2D eigenvalue weighted by atomic mass is 10.2. The van der Waals surface area contributed by atoms with Crippen LogP contribution in [0.25, 0.3) is 0 Å². The van der Waals surface area contributed by atoms with Crippen LogP contribution in [0.2, 0.25) is 0 Å². The summed E-state index contributed by atoms with van der Waals surface area (Å²) in [6, 6.07) is 7.84. The summed E-state index contributed by atoms with van der Waals surface area (Å²) in [5.74, 6) is 0.205. The minimum absolute atomic E-state index is 0.0724. The summed E-state index contributed by atoms with van der Waals surface area (Å²) in [5.41, 5.74) is 6.28. The topological polar surface area (TPSA) is 70.2 Å². The van der Waals surface area contributed by atoms with Gasteiger partial charge in [0, 0.05) is 17.9 Å². The van der Waals surface area contributed by atoms with Gasteiger partial charge in [-0.3, -0.25) is 10.2 Å². The van der Waals surface area contributed by atoms with Crippen molar-refractivity contribution in [3.8, 4) is 0 Å². The third kappa shape index (κ3) is 2.44. The van der Waals surface area contributed by atoms with E-state index in [-0.39, 0.29) is 17.0 Å². The summed E-state index contributed by atoms with van der Waals surface area (Å²) in [6.45, 7) is 2.39. The van der Waals surface area contributed by atoms with Crippen LogP contribution >= 0.6 is 11.8 Å². The molecule has 0 radical (unpaired) electrons. The number of anilines is 1. The average molecular weight is 249 g/mol. The normalized spacial score (nSPS) is 19.0. The highest BCUT2D eigenvalue weighted by Crippen LogP contribution is 2.38. The number of nitrogens with two attached hydrogens (primary N) is 1. The maximum absolute atomic E-state index is 12.1. The van der Waals surface area contributed by atoms with Crippen molar-refractivity contribution in [3.63, 3.8) is 0 Å². The van der Waals surface area contributed by atoms with Crippen LogP contribution in [0.1, 0.15) is 13.3 Å². The van der Waals surface area contributed by atoms with E-state index < -0.39 is 0 Å². The smallest absolute Gasteiger partial charge is 0.240 e. The molecule has 4 nitrogen and oxygen atoms in total. The first-order chi connectivity index (χ1) is 8.09. The number of thioether (sulfide) groups is 1. The summed E-state index contributed by atoms with van der Waals surface area (Å²) >= 11 is 1.58. The second kappa shape index (κ2) is 4.79. The summed E-state index contributed by atoms with van der Waals surface area (Å²) in [6.07, 6.45) is 0.414. The van der Waals surface area contributed by atoms with Gasteiger partial charge in [-0.1, -0.05) is 12.1 Å². The van der Waals surface area contributed by atoms with Gasteiger partial charge in [0.2, 0.25) is 5.91 Å². The van der Waals surface area contributed by atoms with E-state index in [4.69, 9.17) is 11.1 Å². The molecule has 1 unspecified atom stereocenters. The fraction of sp³-hybridized carbons (Fsp3) is 0.333. The molecule has 1 aromatic carbocycles. The van der Waals surface area contributed by atoms with E-state index in [9.17, 15) is 4.79 Å². The fourth-order valence-corrected chi connectivity index (χ4v) is 2.89. The molecule has 1 aromatic rings. The standard InChI is InChI=1S/C12H15N3OS/c1-8-12(16)15(7-6-11(13)14)9-4-2-3-5-10(9)17-8/h2-5,8H,6-7H2,1H3,(H3,13,14). The van der Waals surface area contributed by atoms with Crippen molar-refractivity contribution in [1.29, 1.82) is 5.41 Å². The van der Waals surface area contributed by atoms with Gasteiger partial charge in [0.05, 0.1) is 16.8 Å². The van der Waals surface area contributed by atoms with Crippen molar-refractivity contribution >= 4 is 29.2 Å². The molecule has 0 saturated heterocycles. The number of hydrogen-bond donors (Lipinski definition) is 2. The second-order valence-corrected chi connectivity index (χ2v) is 5.38. The number of nitrogens with one attached hydrogen (secondary N) is 1. The average Bonchev–Trinajstić information content (AvgIpc) is 2.29. The molecule has 0 spiro atoms. The number of fused-ring (bicyclic) bond motifs is 1. The Balaban J connectivity index is 2.28. The molecule has 0 fully saturated rings. The molecule has 0 bridgehead atoms. The molecule has 5 heteroatoms. The van der Waals surface area contributed by atoms with E-state index in [0.717, 1.165) is 10.6 Å². The molecule has 90 valence electrons. The van der Waals surface area contributed by atoms with Crippen LogP contribution in [0.3, 0.4) is 0 Å². The summed E-state index contributed by atoms with van der Waals surface area (Å²) in [7, 11) is 0. The fourth-order valence-electron chi connectivity index (χ4n) is 1.82. The highest BCUT2D eigenvalue weighted by Gasteiger charge is 2.29. The lowest BCUT2D eigenvalue weighted by Gasteiger charge is -2.32. The molecule has 0 aromatic heterocycles. The number of rotatable bonds is 3. The van der Waals surface area contributed by atoms with Crippen molar-refractivity contribution < 1.29 is 4.79 Å². The number of amides is 1. The Labute approximate surface area is 105 Å². The van der Waals surface area contributed by atoms with E-state index in [1.54, 1.807) is 16.7 Å². The van der Waals surface area contributed by atoms with Crippen LogP contribution in [0.5, 0.6) is 0 Å². The Bertz CT molecular complexity index is 461. The summed E-state index contributed by atoms with van der Waals surface area (Å²) in [4.78, 5) is 14.9. The molecule has 1 atom stereocenters. The maximum Gasteiger partial charge on any atom is 0.240 e. The van der Waals surface area contributed by atoms with Crippen molar-refractivity contribution in [2.24, 2.45) is 5.73 Å². The summed E-state index contributed by atoms with van der Waals surface area (Å²) < 4.78 is 0. The molecule has 17 heavy (non-hydrogen) atoms.